The van der Waals surface area contributed by atoms with Crippen molar-refractivity contribution in [3.8, 4) is 0 Å². The van der Waals surface area contributed by atoms with Crippen LogP contribution in [-0.2, 0) is 16.1 Å². The summed E-state index contributed by atoms with van der Waals surface area (Å²) >= 11 is 0. The number of rotatable bonds is 5. The minimum atomic E-state index is -0.456. The fraction of sp³-hybridized carbons (Fsp3) is 0.789. The number of carbonyl (C=O) groups excluding carboxylic acids is 1. The van der Waals surface area contributed by atoms with Gasteiger partial charge in [0.15, 0.2) is 0 Å². The molecule has 0 aliphatic carbocycles. The first-order chi connectivity index (χ1) is 11.9. The highest BCUT2D eigenvalue weighted by Gasteiger charge is 2.29. The van der Waals surface area contributed by atoms with Gasteiger partial charge in [-0.15, -0.1) is 5.06 Å². The fourth-order valence-corrected chi connectivity index (χ4v) is 3.47. The molecule has 25 heavy (non-hydrogen) atoms. The van der Waals surface area contributed by atoms with Gasteiger partial charge in [0.1, 0.15) is 5.82 Å². The number of nitrogens with zero attached hydrogens (tertiary/aromatic N) is 3. The summed E-state index contributed by atoms with van der Waals surface area (Å²) in [5.74, 6) is 1.37. The molecule has 2 fully saturated rings. The first kappa shape index (κ1) is 18.4. The van der Waals surface area contributed by atoms with Crippen LogP contribution in [0.1, 0.15) is 63.9 Å². The van der Waals surface area contributed by atoms with Gasteiger partial charge in [0, 0.05) is 38.2 Å². The Bertz CT molecular complexity index is 564. The van der Waals surface area contributed by atoms with E-state index in [0.717, 1.165) is 44.7 Å². The van der Waals surface area contributed by atoms with Crippen LogP contribution in [-0.4, -0.2) is 58.6 Å². The Hall–Kier alpha value is -1.40. The highest BCUT2D eigenvalue weighted by Crippen LogP contribution is 2.27. The predicted molar refractivity (Wildman–Crippen MR) is 97.1 cm³/mol. The Morgan fingerprint density at radius 3 is 2.56 bits per heavy atom. The molecule has 1 aromatic heterocycles. The van der Waals surface area contributed by atoms with Crippen molar-refractivity contribution in [2.24, 2.45) is 5.41 Å². The van der Waals surface area contributed by atoms with Crippen molar-refractivity contribution in [1.29, 1.82) is 0 Å². The van der Waals surface area contributed by atoms with Gasteiger partial charge in [0.2, 0.25) is 0 Å². The van der Waals surface area contributed by atoms with Gasteiger partial charge in [-0.25, -0.2) is 9.78 Å². The lowest BCUT2D eigenvalue weighted by molar-refractivity contribution is -0.204. The minimum Gasteiger partial charge on any atom is -0.367 e. The standard InChI is InChI=1S/C19H32N4O2/c1-19(2,3)18(24)25-23-12-6-15(7-13-23)17-20-14-16(21-17)8-11-22-9-4-5-10-22/h14-15H,4-13H2,1-3H3,(H,20,21). The van der Waals surface area contributed by atoms with Crippen molar-refractivity contribution in [3.63, 3.8) is 0 Å². The van der Waals surface area contributed by atoms with Crippen LogP contribution in [0.15, 0.2) is 6.20 Å². The molecule has 0 aromatic carbocycles. The summed E-state index contributed by atoms with van der Waals surface area (Å²) in [7, 11) is 0. The number of aromatic nitrogens is 2. The van der Waals surface area contributed by atoms with Crippen LogP contribution < -0.4 is 0 Å². The summed E-state index contributed by atoms with van der Waals surface area (Å²) in [6.07, 6.45) is 7.71. The Balaban J connectivity index is 1.44. The van der Waals surface area contributed by atoms with Crippen molar-refractivity contribution in [2.45, 2.75) is 58.8 Å². The van der Waals surface area contributed by atoms with E-state index in [1.807, 2.05) is 20.8 Å². The summed E-state index contributed by atoms with van der Waals surface area (Å²) in [5.41, 5.74) is 0.714. The second-order valence-electron chi connectivity index (χ2n) is 8.41. The van der Waals surface area contributed by atoms with Gasteiger partial charge in [-0.3, -0.25) is 0 Å². The molecule has 140 valence electrons. The summed E-state index contributed by atoms with van der Waals surface area (Å²) in [5, 5.41) is 1.81. The van der Waals surface area contributed by atoms with Crippen LogP contribution in [0, 0.1) is 5.41 Å². The largest absolute Gasteiger partial charge is 0.367 e. The average Bonchev–Trinajstić information content (AvgIpc) is 3.24. The Kier molecular flexibility index (Phi) is 5.79. The van der Waals surface area contributed by atoms with Gasteiger partial charge in [0.25, 0.3) is 0 Å². The molecule has 1 N–H and O–H groups in total. The van der Waals surface area contributed by atoms with Gasteiger partial charge in [-0.05, 0) is 59.5 Å². The van der Waals surface area contributed by atoms with Crippen molar-refractivity contribution >= 4 is 5.97 Å². The zero-order valence-corrected chi connectivity index (χ0v) is 15.9. The number of aromatic amines is 1. The van der Waals surface area contributed by atoms with Crippen LogP contribution in [0.3, 0.4) is 0 Å². The molecule has 0 atom stereocenters. The van der Waals surface area contributed by atoms with E-state index in [-0.39, 0.29) is 5.97 Å². The van der Waals surface area contributed by atoms with E-state index < -0.39 is 5.41 Å². The van der Waals surface area contributed by atoms with Crippen LogP contribution in [0.5, 0.6) is 0 Å². The van der Waals surface area contributed by atoms with E-state index in [1.54, 1.807) is 5.06 Å². The number of carbonyl (C=O) groups is 1. The number of hydroxylamine groups is 2. The lowest BCUT2D eigenvalue weighted by Crippen LogP contribution is -2.38. The normalized spacial score (nSPS) is 20.9. The van der Waals surface area contributed by atoms with Crippen LogP contribution in [0.4, 0.5) is 0 Å². The maximum Gasteiger partial charge on any atom is 0.330 e. The van der Waals surface area contributed by atoms with E-state index in [9.17, 15) is 4.79 Å². The lowest BCUT2D eigenvalue weighted by atomic mass is 9.96. The van der Waals surface area contributed by atoms with Crippen LogP contribution >= 0.6 is 0 Å². The van der Waals surface area contributed by atoms with E-state index in [2.05, 4.69) is 16.1 Å². The molecule has 2 aliphatic rings. The summed E-state index contributed by atoms with van der Waals surface area (Å²) in [6.45, 7) is 10.8. The molecule has 3 rings (SSSR count). The number of hydrogen-bond acceptors (Lipinski definition) is 5. The monoisotopic (exact) mass is 348 g/mol. The van der Waals surface area contributed by atoms with Gasteiger partial charge in [-0.2, -0.15) is 0 Å². The van der Waals surface area contributed by atoms with Gasteiger partial charge in [0.05, 0.1) is 11.1 Å². The highest BCUT2D eigenvalue weighted by atomic mass is 16.7. The molecule has 0 saturated carbocycles. The summed E-state index contributed by atoms with van der Waals surface area (Å²) < 4.78 is 0. The second kappa shape index (κ2) is 7.87. The fourth-order valence-electron chi connectivity index (χ4n) is 3.47. The summed E-state index contributed by atoms with van der Waals surface area (Å²) in [4.78, 5) is 28.2. The molecule has 6 nitrogen and oxygen atoms in total. The number of hydrogen-bond donors (Lipinski definition) is 1. The van der Waals surface area contributed by atoms with E-state index >= 15 is 0 Å². The van der Waals surface area contributed by atoms with E-state index in [1.165, 1.54) is 31.6 Å². The molecule has 2 aliphatic heterocycles. The van der Waals surface area contributed by atoms with Crippen molar-refractivity contribution < 1.29 is 9.63 Å². The molecule has 3 heterocycles. The third-order valence-electron chi connectivity index (χ3n) is 5.20. The molecule has 0 unspecified atom stereocenters. The first-order valence-electron chi connectivity index (χ1n) is 9.66. The molecule has 2 saturated heterocycles. The van der Waals surface area contributed by atoms with Crippen molar-refractivity contribution in [1.82, 2.24) is 19.9 Å². The smallest absolute Gasteiger partial charge is 0.330 e. The zero-order chi connectivity index (χ0) is 17.9. The third-order valence-corrected chi connectivity index (χ3v) is 5.20. The summed E-state index contributed by atoms with van der Waals surface area (Å²) in [6, 6.07) is 0. The minimum absolute atomic E-state index is 0.159. The maximum atomic E-state index is 12.0. The number of H-pyrrole nitrogens is 1. The second-order valence-corrected chi connectivity index (χ2v) is 8.41. The first-order valence-corrected chi connectivity index (χ1v) is 9.66. The number of imidazole rings is 1. The average molecular weight is 348 g/mol. The predicted octanol–water partition coefficient (Wildman–Crippen LogP) is 2.73. The topological polar surface area (TPSA) is 61.5 Å². The Morgan fingerprint density at radius 2 is 1.92 bits per heavy atom. The Labute approximate surface area is 150 Å². The molecule has 0 radical (unpaired) electrons. The molecule has 6 heteroatoms. The highest BCUT2D eigenvalue weighted by molar-refractivity contribution is 5.75. The molecule has 1 aromatic rings. The molecular formula is C19H32N4O2. The zero-order valence-electron chi connectivity index (χ0n) is 15.9. The van der Waals surface area contributed by atoms with E-state index in [4.69, 9.17) is 9.82 Å². The molecule has 0 amide bonds. The molecule has 0 bridgehead atoms. The van der Waals surface area contributed by atoms with Gasteiger partial charge < -0.3 is 14.7 Å². The van der Waals surface area contributed by atoms with E-state index in [0.29, 0.717) is 5.92 Å². The maximum absolute atomic E-state index is 12.0. The lowest BCUT2D eigenvalue weighted by Gasteiger charge is -2.31. The quantitative estimate of drug-likeness (QED) is 0.886. The van der Waals surface area contributed by atoms with Crippen LogP contribution in [0.2, 0.25) is 0 Å². The van der Waals surface area contributed by atoms with Crippen molar-refractivity contribution in [2.75, 3.05) is 32.7 Å². The van der Waals surface area contributed by atoms with Crippen LogP contribution in [0.25, 0.3) is 0 Å². The van der Waals surface area contributed by atoms with Gasteiger partial charge >= 0.3 is 5.97 Å². The van der Waals surface area contributed by atoms with Crippen molar-refractivity contribution in [3.05, 3.63) is 17.7 Å². The van der Waals surface area contributed by atoms with Gasteiger partial charge in [-0.1, -0.05) is 0 Å². The number of piperidine rings is 1. The number of likely N-dealkylation sites (tertiary alicyclic amines) is 1. The third kappa shape index (κ3) is 5.05. The Morgan fingerprint density at radius 1 is 1.24 bits per heavy atom. The molecule has 0 spiro atoms. The SMILES string of the molecule is CC(C)(C)C(=O)ON1CCC(c2nc(CCN3CCCC3)c[nH]2)CC1. The number of nitrogens with one attached hydrogen (secondary N) is 1. The molecular weight excluding hydrogens is 316 g/mol.